The highest BCUT2D eigenvalue weighted by molar-refractivity contribution is 6.18. The van der Waals surface area contributed by atoms with Gasteiger partial charge in [-0.15, -0.1) is 11.6 Å². The molecule has 0 radical (unpaired) electrons. The van der Waals surface area contributed by atoms with Crippen molar-refractivity contribution in [1.29, 1.82) is 0 Å². The third-order valence-corrected chi connectivity index (χ3v) is 3.24. The molecule has 21 heavy (non-hydrogen) atoms. The predicted octanol–water partition coefficient (Wildman–Crippen LogP) is 2.80. The molecule has 0 aliphatic rings. The third-order valence-electron chi connectivity index (χ3n) is 3.07. The second-order valence-corrected chi connectivity index (χ2v) is 4.77. The van der Waals surface area contributed by atoms with Crippen LogP contribution in [-0.4, -0.2) is 51.1 Å². The summed E-state index contributed by atoms with van der Waals surface area (Å²) in [5.41, 5.74) is 0.439. The molecule has 6 heteroatoms. The van der Waals surface area contributed by atoms with Gasteiger partial charge in [-0.05, 0) is 6.42 Å². The highest BCUT2D eigenvalue weighted by Crippen LogP contribution is 2.35. The third kappa shape index (κ3) is 4.17. The van der Waals surface area contributed by atoms with Crippen molar-refractivity contribution < 1.29 is 19.0 Å². The first-order valence-corrected chi connectivity index (χ1v) is 7.31. The number of carbonyl (C=O) groups is 1. The van der Waals surface area contributed by atoms with Crippen molar-refractivity contribution in [2.75, 3.05) is 40.3 Å². The van der Waals surface area contributed by atoms with Crippen LogP contribution >= 0.6 is 11.6 Å². The molecule has 1 aromatic carbocycles. The van der Waals surface area contributed by atoms with Gasteiger partial charge in [-0.3, -0.25) is 4.79 Å². The maximum absolute atomic E-state index is 12.7. The molecule has 0 N–H and O–H groups in total. The Bertz CT molecular complexity index is 473. The van der Waals surface area contributed by atoms with Crippen LogP contribution in [0.15, 0.2) is 12.1 Å². The van der Waals surface area contributed by atoms with E-state index in [2.05, 4.69) is 0 Å². The molecule has 0 bridgehead atoms. The molecular formula is C15H22ClNO4. The molecule has 0 aromatic heterocycles. The Kier molecular flexibility index (Phi) is 7.15. The topological polar surface area (TPSA) is 48.0 Å². The van der Waals surface area contributed by atoms with E-state index in [1.165, 1.54) is 21.3 Å². The van der Waals surface area contributed by atoms with E-state index < -0.39 is 0 Å². The summed E-state index contributed by atoms with van der Waals surface area (Å²) in [6, 6.07) is 3.29. The Hall–Kier alpha value is -1.62. The Morgan fingerprint density at radius 3 is 2.10 bits per heavy atom. The molecule has 1 rings (SSSR count). The standard InChI is InChI=1S/C15H22ClNO4/c1-5-7-17(8-6-16)15(18)11-9-13(20-3)14(21-4)10-12(11)19-2/h9-10H,5-8H2,1-4H3. The second kappa shape index (κ2) is 8.62. The van der Waals surface area contributed by atoms with Crippen molar-refractivity contribution in [1.82, 2.24) is 4.90 Å². The van der Waals surface area contributed by atoms with E-state index in [9.17, 15) is 4.79 Å². The minimum atomic E-state index is -0.129. The number of rotatable bonds is 8. The molecule has 0 atom stereocenters. The zero-order chi connectivity index (χ0) is 15.8. The number of nitrogens with zero attached hydrogens (tertiary/aromatic N) is 1. The minimum Gasteiger partial charge on any atom is -0.496 e. The highest BCUT2D eigenvalue weighted by Gasteiger charge is 2.22. The molecular weight excluding hydrogens is 294 g/mol. The number of benzene rings is 1. The van der Waals surface area contributed by atoms with Crippen LogP contribution in [0.3, 0.4) is 0 Å². The minimum absolute atomic E-state index is 0.129. The predicted molar refractivity (Wildman–Crippen MR) is 83.0 cm³/mol. The van der Waals surface area contributed by atoms with Gasteiger partial charge in [0.15, 0.2) is 11.5 Å². The summed E-state index contributed by atoms with van der Waals surface area (Å²) in [6.45, 7) is 3.15. The molecule has 5 nitrogen and oxygen atoms in total. The van der Waals surface area contributed by atoms with Crippen molar-refractivity contribution in [3.8, 4) is 17.2 Å². The summed E-state index contributed by atoms with van der Waals surface area (Å²) in [4.78, 5) is 14.4. The zero-order valence-corrected chi connectivity index (χ0v) is 13.7. The van der Waals surface area contributed by atoms with Gasteiger partial charge in [-0.2, -0.15) is 0 Å². The summed E-state index contributed by atoms with van der Waals surface area (Å²) in [6.07, 6.45) is 0.859. The molecule has 0 spiro atoms. The van der Waals surface area contributed by atoms with Crippen molar-refractivity contribution in [2.45, 2.75) is 13.3 Å². The maximum atomic E-state index is 12.7. The summed E-state index contributed by atoms with van der Waals surface area (Å²) < 4.78 is 15.8. The lowest BCUT2D eigenvalue weighted by Gasteiger charge is -2.23. The van der Waals surface area contributed by atoms with Crippen LogP contribution in [-0.2, 0) is 0 Å². The van der Waals surface area contributed by atoms with E-state index in [1.807, 2.05) is 6.92 Å². The molecule has 0 saturated heterocycles. The fourth-order valence-electron chi connectivity index (χ4n) is 2.05. The Morgan fingerprint density at radius 1 is 1.05 bits per heavy atom. The fourth-order valence-corrected chi connectivity index (χ4v) is 2.26. The molecule has 0 saturated carbocycles. The van der Waals surface area contributed by atoms with E-state index in [0.29, 0.717) is 41.8 Å². The molecule has 0 unspecified atom stereocenters. The van der Waals surface area contributed by atoms with Crippen molar-refractivity contribution in [2.24, 2.45) is 0 Å². The average molecular weight is 316 g/mol. The van der Waals surface area contributed by atoms with Crippen molar-refractivity contribution in [3.05, 3.63) is 17.7 Å². The summed E-state index contributed by atoms with van der Waals surface area (Å²) in [7, 11) is 4.58. The lowest BCUT2D eigenvalue weighted by molar-refractivity contribution is 0.0761. The number of ether oxygens (including phenoxy) is 3. The van der Waals surface area contributed by atoms with Gasteiger partial charge in [0.1, 0.15) is 5.75 Å². The van der Waals surface area contributed by atoms with Gasteiger partial charge in [0.2, 0.25) is 0 Å². The first-order valence-electron chi connectivity index (χ1n) is 6.78. The largest absolute Gasteiger partial charge is 0.496 e. The van der Waals surface area contributed by atoms with Gasteiger partial charge in [0.05, 0.1) is 26.9 Å². The van der Waals surface area contributed by atoms with Gasteiger partial charge >= 0.3 is 0 Å². The van der Waals surface area contributed by atoms with Gasteiger partial charge in [0.25, 0.3) is 5.91 Å². The first kappa shape index (κ1) is 17.4. The SMILES string of the molecule is CCCN(CCCl)C(=O)c1cc(OC)c(OC)cc1OC. The van der Waals surface area contributed by atoms with Gasteiger partial charge in [-0.1, -0.05) is 6.92 Å². The van der Waals surface area contributed by atoms with Gasteiger partial charge in [0, 0.05) is 31.1 Å². The summed E-state index contributed by atoms with van der Waals surface area (Å²) >= 11 is 5.77. The summed E-state index contributed by atoms with van der Waals surface area (Å²) in [5, 5.41) is 0. The fraction of sp³-hybridized carbons (Fsp3) is 0.533. The van der Waals surface area contributed by atoms with Crippen LogP contribution in [0.4, 0.5) is 0 Å². The molecule has 118 valence electrons. The molecule has 1 aromatic rings. The van der Waals surface area contributed by atoms with E-state index in [-0.39, 0.29) is 5.91 Å². The molecule has 0 fully saturated rings. The Labute approximate surface area is 130 Å². The number of halogens is 1. The maximum Gasteiger partial charge on any atom is 0.257 e. The smallest absolute Gasteiger partial charge is 0.257 e. The number of hydrogen-bond donors (Lipinski definition) is 0. The van der Waals surface area contributed by atoms with E-state index in [1.54, 1.807) is 17.0 Å². The van der Waals surface area contributed by atoms with Crippen LogP contribution < -0.4 is 14.2 Å². The monoisotopic (exact) mass is 315 g/mol. The molecule has 0 heterocycles. The van der Waals surface area contributed by atoms with Crippen LogP contribution in [0.25, 0.3) is 0 Å². The van der Waals surface area contributed by atoms with Crippen molar-refractivity contribution in [3.63, 3.8) is 0 Å². The number of amides is 1. The van der Waals surface area contributed by atoms with Crippen LogP contribution in [0.2, 0.25) is 0 Å². The Morgan fingerprint density at radius 2 is 1.62 bits per heavy atom. The number of alkyl halides is 1. The van der Waals surface area contributed by atoms with Crippen LogP contribution in [0.5, 0.6) is 17.2 Å². The zero-order valence-electron chi connectivity index (χ0n) is 12.9. The highest BCUT2D eigenvalue weighted by atomic mass is 35.5. The van der Waals surface area contributed by atoms with Crippen molar-refractivity contribution >= 4 is 17.5 Å². The molecule has 0 aliphatic carbocycles. The van der Waals surface area contributed by atoms with E-state index in [0.717, 1.165) is 6.42 Å². The van der Waals surface area contributed by atoms with Gasteiger partial charge in [-0.25, -0.2) is 0 Å². The quantitative estimate of drug-likeness (QED) is 0.692. The normalized spacial score (nSPS) is 10.1. The number of carbonyl (C=O) groups excluding carboxylic acids is 1. The number of hydrogen-bond acceptors (Lipinski definition) is 4. The number of methoxy groups -OCH3 is 3. The summed E-state index contributed by atoms with van der Waals surface area (Å²) in [5.74, 6) is 1.72. The lowest BCUT2D eigenvalue weighted by atomic mass is 10.1. The lowest BCUT2D eigenvalue weighted by Crippen LogP contribution is -2.33. The van der Waals surface area contributed by atoms with Gasteiger partial charge < -0.3 is 19.1 Å². The van der Waals surface area contributed by atoms with Crippen LogP contribution in [0, 0.1) is 0 Å². The first-order chi connectivity index (χ1) is 10.1. The molecule has 0 aliphatic heterocycles. The molecule has 1 amide bonds. The van der Waals surface area contributed by atoms with E-state index in [4.69, 9.17) is 25.8 Å². The van der Waals surface area contributed by atoms with Crippen LogP contribution in [0.1, 0.15) is 23.7 Å². The second-order valence-electron chi connectivity index (χ2n) is 4.39. The Balaban J connectivity index is 3.22. The average Bonchev–Trinajstić information content (AvgIpc) is 2.52. The van der Waals surface area contributed by atoms with E-state index >= 15 is 0 Å².